The Balaban J connectivity index is 3.10. The first-order valence-electron chi connectivity index (χ1n) is 4.74. The topological polar surface area (TPSA) is 61.1 Å². The van der Waals surface area contributed by atoms with Gasteiger partial charge in [-0.1, -0.05) is 20.8 Å². The Morgan fingerprint density at radius 2 is 2.21 bits per heavy atom. The van der Waals surface area contributed by atoms with Crippen molar-refractivity contribution in [2.75, 3.05) is 0 Å². The molecule has 1 aliphatic carbocycles. The molecule has 0 aliphatic heterocycles. The predicted molar refractivity (Wildman–Crippen MR) is 52.5 cm³/mol. The van der Waals surface area contributed by atoms with Crippen LogP contribution in [0.2, 0.25) is 0 Å². The summed E-state index contributed by atoms with van der Waals surface area (Å²) in [6, 6.07) is 1.79. The fourth-order valence-electron chi connectivity index (χ4n) is 2.31. The SMILES string of the molecule is CC1CC(C)(C)C/C1=C(\C#N)C(=O)O. The normalized spacial score (nSPS) is 28.3. The van der Waals surface area contributed by atoms with E-state index < -0.39 is 5.97 Å². The molecule has 0 aromatic rings. The molecular weight excluding hydrogens is 178 g/mol. The highest BCUT2D eigenvalue weighted by atomic mass is 16.4. The summed E-state index contributed by atoms with van der Waals surface area (Å²) in [5, 5.41) is 17.6. The Hall–Kier alpha value is -1.30. The van der Waals surface area contributed by atoms with E-state index in [9.17, 15) is 4.79 Å². The van der Waals surface area contributed by atoms with Crippen LogP contribution in [0.4, 0.5) is 0 Å². The summed E-state index contributed by atoms with van der Waals surface area (Å²) < 4.78 is 0. The molecule has 0 aromatic heterocycles. The van der Waals surface area contributed by atoms with Gasteiger partial charge in [0.05, 0.1) is 0 Å². The van der Waals surface area contributed by atoms with Crippen LogP contribution in [0.1, 0.15) is 33.6 Å². The van der Waals surface area contributed by atoms with Crippen LogP contribution in [0.25, 0.3) is 0 Å². The van der Waals surface area contributed by atoms with Crippen LogP contribution in [0.15, 0.2) is 11.1 Å². The number of carboxylic acid groups (broad SMARTS) is 1. The number of carbonyl (C=O) groups is 1. The summed E-state index contributed by atoms with van der Waals surface area (Å²) in [6.45, 7) is 6.20. The van der Waals surface area contributed by atoms with E-state index in [4.69, 9.17) is 10.4 Å². The number of aliphatic carboxylic acids is 1. The Morgan fingerprint density at radius 1 is 1.64 bits per heavy atom. The van der Waals surface area contributed by atoms with Crippen LogP contribution in [-0.2, 0) is 4.79 Å². The van der Waals surface area contributed by atoms with Gasteiger partial charge >= 0.3 is 5.97 Å². The van der Waals surface area contributed by atoms with Crippen LogP contribution in [0, 0.1) is 22.7 Å². The van der Waals surface area contributed by atoms with Gasteiger partial charge in [-0.15, -0.1) is 0 Å². The molecular formula is C11H15NO2. The van der Waals surface area contributed by atoms with Crippen LogP contribution in [0.3, 0.4) is 0 Å². The third kappa shape index (κ3) is 1.95. The Bertz CT molecular complexity index is 334. The van der Waals surface area contributed by atoms with Gasteiger partial charge < -0.3 is 5.11 Å². The Morgan fingerprint density at radius 3 is 2.50 bits per heavy atom. The van der Waals surface area contributed by atoms with E-state index in [1.165, 1.54) is 0 Å². The number of nitrogens with zero attached hydrogens (tertiary/aromatic N) is 1. The van der Waals surface area contributed by atoms with Gasteiger partial charge in [0.25, 0.3) is 0 Å². The molecule has 0 bridgehead atoms. The van der Waals surface area contributed by atoms with Crippen molar-refractivity contribution in [3.8, 4) is 6.07 Å². The molecule has 1 unspecified atom stereocenters. The maximum atomic E-state index is 10.8. The predicted octanol–water partition coefficient (Wildman–Crippen LogP) is 2.35. The maximum Gasteiger partial charge on any atom is 0.346 e. The first-order valence-corrected chi connectivity index (χ1v) is 4.74. The van der Waals surface area contributed by atoms with Crippen molar-refractivity contribution in [3.05, 3.63) is 11.1 Å². The minimum Gasteiger partial charge on any atom is -0.477 e. The largest absolute Gasteiger partial charge is 0.477 e. The van der Waals surface area contributed by atoms with Gasteiger partial charge in [-0.25, -0.2) is 4.79 Å². The maximum absolute atomic E-state index is 10.8. The molecule has 0 saturated heterocycles. The van der Waals surface area contributed by atoms with Gasteiger partial charge in [-0.05, 0) is 29.7 Å². The molecule has 1 atom stereocenters. The molecule has 76 valence electrons. The molecule has 0 spiro atoms. The van der Waals surface area contributed by atoms with Gasteiger partial charge in [0.2, 0.25) is 0 Å². The Labute approximate surface area is 84.0 Å². The quantitative estimate of drug-likeness (QED) is 0.513. The van der Waals surface area contributed by atoms with Crippen molar-refractivity contribution in [3.63, 3.8) is 0 Å². The summed E-state index contributed by atoms with van der Waals surface area (Å²) >= 11 is 0. The summed E-state index contributed by atoms with van der Waals surface area (Å²) in [7, 11) is 0. The molecule has 0 radical (unpaired) electrons. The van der Waals surface area contributed by atoms with Crippen molar-refractivity contribution in [1.82, 2.24) is 0 Å². The second-order valence-electron chi connectivity index (χ2n) is 4.76. The lowest BCUT2D eigenvalue weighted by molar-refractivity contribution is -0.132. The van der Waals surface area contributed by atoms with E-state index in [2.05, 4.69) is 13.8 Å². The molecule has 1 fully saturated rings. The van der Waals surface area contributed by atoms with Gasteiger partial charge in [0.15, 0.2) is 0 Å². The lowest BCUT2D eigenvalue weighted by Gasteiger charge is -2.14. The van der Waals surface area contributed by atoms with Crippen molar-refractivity contribution < 1.29 is 9.90 Å². The van der Waals surface area contributed by atoms with E-state index in [1.54, 1.807) is 6.07 Å². The van der Waals surface area contributed by atoms with E-state index in [-0.39, 0.29) is 16.9 Å². The second-order valence-corrected chi connectivity index (χ2v) is 4.76. The lowest BCUT2D eigenvalue weighted by Crippen LogP contribution is -2.05. The molecule has 1 saturated carbocycles. The second kappa shape index (κ2) is 3.45. The number of nitriles is 1. The van der Waals surface area contributed by atoms with Crippen LogP contribution in [0.5, 0.6) is 0 Å². The van der Waals surface area contributed by atoms with Crippen LogP contribution < -0.4 is 0 Å². The molecule has 3 nitrogen and oxygen atoms in total. The number of allylic oxidation sites excluding steroid dienone is 1. The molecule has 1 rings (SSSR count). The third-order valence-electron chi connectivity index (χ3n) is 2.77. The smallest absolute Gasteiger partial charge is 0.346 e. The van der Waals surface area contributed by atoms with Crippen molar-refractivity contribution in [2.45, 2.75) is 33.6 Å². The average molecular weight is 193 g/mol. The van der Waals surface area contributed by atoms with Crippen molar-refractivity contribution in [1.29, 1.82) is 5.26 Å². The minimum absolute atomic E-state index is 0.0527. The number of rotatable bonds is 1. The van der Waals surface area contributed by atoms with Gasteiger partial charge in [-0.2, -0.15) is 5.26 Å². The fraction of sp³-hybridized carbons (Fsp3) is 0.636. The molecule has 1 aliphatic rings. The first kappa shape index (κ1) is 10.8. The van der Waals surface area contributed by atoms with Crippen LogP contribution in [-0.4, -0.2) is 11.1 Å². The molecule has 0 aromatic carbocycles. The standard InChI is InChI=1S/C11H15NO2/c1-7-4-11(2,3)5-8(7)9(6-12)10(13)14/h7H,4-5H2,1-3H3,(H,13,14)/b9-8-. The highest BCUT2D eigenvalue weighted by Gasteiger charge is 2.35. The van der Waals surface area contributed by atoms with Crippen LogP contribution >= 0.6 is 0 Å². The molecule has 14 heavy (non-hydrogen) atoms. The Kier molecular flexibility index (Phi) is 2.66. The fourth-order valence-corrected chi connectivity index (χ4v) is 2.31. The molecule has 0 heterocycles. The highest BCUT2D eigenvalue weighted by molar-refractivity contribution is 5.92. The average Bonchev–Trinajstić information content (AvgIpc) is 2.26. The number of hydrogen-bond acceptors (Lipinski definition) is 2. The minimum atomic E-state index is -1.09. The molecule has 0 amide bonds. The van der Waals surface area contributed by atoms with E-state index in [0.717, 1.165) is 18.4 Å². The van der Waals surface area contributed by atoms with Gasteiger partial charge in [0.1, 0.15) is 11.6 Å². The zero-order valence-electron chi connectivity index (χ0n) is 8.79. The van der Waals surface area contributed by atoms with Gasteiger partial charge in [-0.3, -0.25) is 0 Å². The summed E-state index contributed by atoms with van der Waals surface area (Å²) in [4.78, 5) is 10.8. The van der Waals surface area contributed by atoms with E-state index in [0.29, 0.717) is 0 Å². The van der Waals surface area contributed by atoms with E-state index in [1.807, 2.05) is 6.92 Å². The zero-order valence-corrected chi connectivity index (χ0v) is 8.79. The monoisotopic (exact) mass is 193 g/mol. The summed E-state index contributed by atoms with van der Waals surface area (Å²) in [6.07, 6.45) is 1.68. The summed E-state index contributed by atoms with van der Waals surface area (Å²) in [5.41, 5.74) is 0.889. The number of carboxylic acids is 1. The highest BCUT2D eigenvalue weighted by Crippen LogP contribution is 2.45. The van der Waals surface area contributed by atoms with Gasteiger partial charge in [0, 0.05) is 0 Å². The lowest BCUT2D eigenvalue weighted by atomic mass is 9.91. The zero-order chi connectivity index (χ0) is 10.9. The van der Waals surface area contributed by atoms with Crippen molar-refractivity contribution in [2.24, 2.45) is 11.3 Å². The molecule has 3 heteroatoms. The van der Waals surface area contributed by atoms with Crippen molar-refractivity contribution >= 4 is 5.97 Å². The first-order chi connectivity index (χ1) is 6.37. The summed E-state index contributed by atoms with van der Waals surface area (Å²) in [5.74, 6) is -0.872. The third-order valence-corrected chi connectivity index (χ3v) is 2.77. The number of hydrogen-bond donors (Lipinski definition) is 1. The molecule has 1 N–H and O–H groups in total. The van der Waals surface area contributed by atoms with E-state index >= 15 is 0 Å².